The van der Waals surface area contributed by atoms with Crippen molar-refractivity contribution in [1.82, 2.24) is 0 Å². The molecule has 0 fully saturated rings. The highest BCUT2D eigenvalue weighted by atomic mass is 35.5. The molecule has 2 aromatic rings. The van der Waals surface area contributed by atoms with Gasteiger partial charge in [-0.25, -0.2) is 4.79 Å². The van der Waals surface area contributed by atoms with Crippen molar-refractivity contribution in [1.29, 1.82) is 0 Å². The van der Waals surface area contributed by atoms with E-state index in [9.17, 15) is 4.79 Å². The Bertz CT molecular complexity index is 787. The summed E-state index contributed by atoms with van der Waals surface area (Å²) in [6.07, 6.45) is 2.58. The zero-order valence-corrected chi connectivity index (χ0v) is 16.0. The van der Waals surface area contributed by atoms with Gasteiger partial charge >= 0.3 is 5.97 Å². The molecular formula is C20H22ClNO4. The molecule has 5 nitrogen and oxygen atoms in total. The molecule has 0 saturated heterocycles. The lowest BCUT2D eigenvalue weighted by Crippen LogP contribution is -2.11. The first-order valence-corrected chi connectivity index (χ1v) is 8.62. The van der Waals surface area contributed by atoms with Crippen LogP contribution in [0.15, 0.2) is 41.4 Å². The quantitative estimate of drug-likeness (QED) is 0.501. The summed E-state index contributed by atoms with van der Waals surface area (Å²) in [7, 11) is 2.92. The van der Waals surface area contributed by atoms with E-state index >= 15 is 0 Å². The zero-order valence-electron chi connectivity index (χ0n) is 15.3. The summed E-state index contributed by atoms with van der Waals surface area (Å²) >= 11 is 6.35. The molecule has 0 bridgehead atoms. The average molecular weight is 376 g/mol. The molecule has 26 heavy (non-hydrogen) atoms. The lowest BCUT2D eigenvalue weighted by atomic mass is 10.2. The number of aliphatic imine (C=N–C) groups is 1. The van der Waals surface area contributed by atoms with Gasteiger partial charge in [0.15, 0.2) is 11.5 Å². The summed E-state index contributed by atoms with van der Waals surface area (Å²) in [5.74, 6) is 0.706. The van der Waals surface area contributed by atoms with Crippen LogP contribution in [0.3, 0.4) is 0 Å². The topological polar surface area (TPSA) is 57.1 Å². The Hall–Kier alpha value is -2.53. The number of carbonyl (C=O) groups is 1. The number of methoxy groups -OCH3 is 2. The van der Waals surface area contributed by atoms with E-state index in [0.29, 0.717) is 27.8 Å². The second-order valence-corrected chi connectivity index (χ2v) is 6.07. The van der Waals surface area contributed by atoms with E-state index in [1.807, 2.05) is 19.9 Å². The van der Waals surface area contributed by atoms with Crippen LogP contribution in [0.25, 0.3) is 0 Å². The van der Waals surface area contributed by atoms with Gasteiger partial charge in [0, 0.05) is 6.21 Å². The van der Waals surface area contributed by atoms with Crippen LogP contribution < -0.4 is 9.47 Å². The van der Waals surface area contributed by atoms with Crippen molar-refractivity contribution in [3.63, 3.8) is 0 Å². The molecule has 0 heterocycles. The second kappa shape index (κ2) is 9.25. The number of hydrogen-bond donors (Lipinski definition) is 0. The highest BCUT2D eigenvalue weighted by molar-refractivity contribution is 6.32. The van der Waals surface area contributed by atoms with Crippen LogP contribution in [-0.2, 0) is 4.74 Å². The molecule has 6 heteroatoms. The van der Waals surface area contributed by atoms with Gasteiger partial charge in [0.05, 0.1) is 36.6 Å². The molecule has 0 amide bonds. The van der Waals surface area contributed by atoms with Gasteiger partial charge in [0.25, 0.3) is 0 Å². The molecule has 0 aliphatic heterocycles. The molecule has 0 aromatic heterocycles. The first-order chi connectivity index (χ1) is 12.5. The largest absolute Gasteiger partial charge is 0.493 e. The number of nitrogens with zero attached hydrogens (tertiary/aromatic N) is 1. The first-order valence-electron chi connectivity index (χ1n) is 8.25. The molecule has 138 valence electrons. The summed E-state index contributed by atoms with van der Waals surface area (Å²) in [6.45, 7) is 4.01. The fourth-order valence-corrected chi connectivity index (χ4v) is 2.43. The van der Waals surface area contributed by atoms with Gasteiger partial charge < -0.3 is 14.2 Å². The monoisotopic (exact) mass is 375 g/mol. The Morgan fingerprint density at radius 2 is 1.92 bits per heavy atom. The van der Waals surface area contributed by atoms with Crippen molar-refractivity contribution in [2.75, 3.05) is 14.2 Å². The van der Waals surface area contributed by atoms with Crippen molar-refractivity contribution < 1.29 is 19.0 Å². The van der Waals surface area contributed by atoms with Gasteiger partial charge in [0.2, 0.25) is 0 Å². The van der Waals surface area contributed by atoms with E-state index in [1.165, 1.54) is 7.11 Å². The van der Waals surface area contributed by atoms with Crippen LogP contribution in [0.1, 0.15) is 36.2 Å². The second-order valence-electron chi connectivity index (χ2n) is 5.67. The van der Waals surface area contributed by atoms with Crippen LogP contribution in [-0.4, -0.2) is 32.5 Å². The predicted octanol–water partition coefficient (Wildman–Crippen LogP) is 5.06. The summed E-state index contributed by atoms with van der Waals surface area (Å²) in [6, 6.07) is 10.4. The molecule has 0 aliphatic rings. The number of esters is 1. The Morgan fingerprint density at radius 3 is 2.50 bits per heavy atom. The molecule has 1 atom stereocenters. The van der Waals surface area contributed by atoms with Gasteiger partial charge in [-0.3, -0.25) is 4.99 Å². The molecule has 0 saturated carbocycles. The van der Waals surface area contributed by atoms with Crippen LogP contribution >= 0.6 is 11.6 Å². The summed E-state index contributed by atoms with van der Waals surface area (Å²) in [4.78, 5) is 15.8. The number of halogens is 1. The molecule has 0 N–H and O–H groups in total. The number of rotatable bonds is 7. The van der Waals surface area contributed by atoms with Crippen LogP contribution in [0, 0.1) is 0 Å². The minimum absolute atomic E-state index is 0.0363. The minimum atomic E-state index is -0.381. The number of carbonyl (C=O) groups excluding carboxylic acids is 1. The highest BCUT2D eigenvalue weighted by Crippen LogP contribution is 2.37. The van der Waals surface area contributed by atoms with Gasteiger partial charge in [0.1, 0.15) is 0 Å². The third-order valence-electron chi connectivity index (χ3n) is 3.80. The fourth-order valence-electron chi connectivity index (χ4n) is 2.16. The van der Waals surface area contributed by atoms with Crippen molar-refractivity contribution in [3.8, 4) is 11.5 Å². The highest BCUT2D eigenvalue weighted by Gasteiger charge is 2.14. The molecule has 0 spiro atoms. The Labute approximate surface area is 158 Å². The number of ether oxygens (including phenoxy) is 3. The Morgan fingerprint density at radius 1 is 1.23 bits per heavy atom. The van der Waals surface area contributed by atoms with E-state index in [-0.39, 0.29) is 12.1 Å². The van der Waals surface area contributed by atoms with E-state index < -0.39 is 0 Å². The SMILES string of the molecule is CC[C@@H](C)Oc1c(Cl)cc(C=Nc2ccc(C(=O)OC)cc2)cc1OC. The molecular weight excluding hydrogens is 354 g/mol. The molecule has 0 unspecified atom stereocenters. The molecule has 2 rings (SSSR count). The van der Waals surface area contributed by atoms with E-state index in [4.69, 9.17) is 21.1 Å². The smallest absolute Gasteiger partial charge is 0.337 e. The third kappa shape index (κ3) is 4.99. The van der Waals surface area contributed by atoms with Gasteiger partial charge in [-0.1, -0.05) is 18.5 Å². The van der Waals surface area contributed by atoms with Gasteiger partial charge in [-0.2, -0.15) is 0 Å². The fraction of sp³-hybridized carbons (Fsp3) is 0.300. The average Bonchev–Trinajstić information content (AvgIpc) is 2.67. The van der Waals surface area contributed by atoms with Crippen molar-refractivity contribution >= 4 is 29.5 Å². The van der Waals surface area contributed by atoms with Crippen molar-refractivity contribution in [3.05, 3.63) is 52.5 Å². The normalized spacial score (nSPS) is 12.0. The Kier molecular flexibility index (Phi) is 7.04. The van der Waals surface area contributed by atoms with E-state index in [2.05, 4.69) is 9.73 Å². The van der Waals surface area contributed by atoms with Crippen LogP contribution in [0.4, 0.5) is 5.69 Å². The maximum Gasteiger partial charge on any atom is 0.337 e. The number of benzene rings is 2. The van der Waals surface area contributed by atoms with Crippen LogP contribution in [0.5, 0.6) is 11.5 Å². The third-order valence-corrected chi connectivity index (χ3v) is 4.08. The van der Waals surface area contributed by atoms with Crippen molar-refractivity contribution in [2.45, 2.75) is 26.4 Å². The zero-order chi connectivity index (χ0) is 19.1. The standard InChI is InChI=1S/C20H22ClNO4/c1-5-13(2)26-19-17(21)10-14(11-18(19)24-3)12-22-16-8-6-15(7-9-16)20(23)25-4/h6-13H,5H2,1-4H3/t13-/m1/s1. The molecule has 0 radical (unpaired) electrons. The predicted molar refractivity (Wildman–Crippen MR) is 103 cm³/mol. The van der Waals surface area contributed by atoms with E-state index in [1.54, 1.807) is 43.7 Å². The van der Waals surface area contributed by atoms with Gasteiger partial charge in [-0.15, -0.1) is 0 Å². The maximum absolute atomic E-state index is 11.4. The summed E-state index contributed by atoms with van der Waals surface area (Å²) in [5.41, 5.74) is 1.95. The summed E-state index contributed by atoms with van der Waals surface area (Å²) in [5, 5.41) is 0.465. The van der Waals surface area contributed by atoms with Crippen molar-refractivity contribution in [2.24, 2.45) is 4.99 Å². The van der Waals surface area contributed by atoms with Crippen LogP contribution in [0.2, 0.25) is 5.02 Å². The minimum Gasteiger partial charge on any atom is -0.493 e. The molecule has 0 aliphatic carbocycles. The lowest BCUT2D eigenvalue weighted by molar-refractivity contribution is 0.0601. The molecule has 2 aromatic carbocycles. The maximum atomic E-state index is 11.4. The lowest BCUT2D eigenvalue weighted by Gasteiger charge is -2.17. The van der Waals surface area contributed by atoms with E-state index in [0.717, 1.165) is 12.0 Å². The number of hydrogen-bond acceptors (Lipinski definition) is 5. The summed E-state index contributed by atoms with van der Waals surface area (Å²) < 4.78 is 15.9. The Balaban J connectivity index is 2.22. The first kappa shape index (κ1) is 19.8. The van der Waals surface area contributed by atoms with Gasteiger partial charge in [-0.05, 0) is 55.3 Å².